The molecule has 1 aromatic heterocycles. The number of carbonyl (C=O) groups excluding carboxylic acids is 1. The van der Waals surface area contributed by atoms with Gasteiger partial charge < -0.3 is 19.4 Å². The van der Waals surface area contributed by atoms with Crippen LogP contribution >= 0.6 is 11.6 Å². The van der Waals surface area contributed by atoms with Crippen LogP contribution in [0.2, 0.25) is 5.02 Å². The molecule has 0 fully saturated rings. The van der Waals surface area contributed by atoms with Gasteiger partial charge in [0.15, 0.2) is 11.5 Å². The summed E-state index contributed by atoms with van der Waals surface area (Å²) in [5.74, 6) is 2.05. The molecule has 0 aliphatic heterocycles. The van der Waals surface area contributed by atoms with E-state index in [9.17, 15) is 4.79 Å². The summed E-state index contributed by atoms with van der Waals surface area (Å²) in [5, 5.41) is 3.48. The third-order valence-electron chi connectivity index (χ3n) is 6.18. The zero-order chi connectivity index (χ0) is 26.2. The SMILES string of the molecule is C=CCc1ccc(OCCCCn2c(C(C)NC(=O)c3ccccc3Cl)nc3ccccc32)c(OC)c1. The number of nitrogens with zero attached hydrogens (tertiary/aromatic N) is 2. The fourth-order valence-corrected chi connectivity index (χ4v) is 4.54. The number of aryl methyl sites for hydroxylation is 1. The maximum absolute atomic E-state index is 12.9. The molecule has 0 saturated heterocycles. The van der Waals surface area contributed by atoms with Gasteiger partial charge in [0.2, 0.25) is 0 Å². The number of benzene rings is 3. The summed E-state index contributed by atoms with van der Waals surface area (Å²) in [5.41, 5.74) is 3.52. The molecular formula is C30H32ClN3O3. The van der Waals surface area contributed by atoms with Gasteiger partial charge in [-0.3, -0.25) is 4.79 Å². The minimum atomic E-state index is -0.300. The molecule has 0 aliphatic rings. The maximum atomic E-state index is 12.9. The van der Waals surface area contributed by atoms with Crippen molar-refractivity contribution in [2.24, 2.45) is 0 Å². The van der Waals surface area contributed by atoms with Crippen LogP contribution in [0.25, 0.3) is 11.0 Å². The number of hydrogen-bond donors (Lipinski definition) is 1. The van der Waals surface area contributed by atoms with E-state index in [1.807, 2.05) is 49.4 Å². The number of amides is 1. The molecule has 7 heteroatoms. The van der Waals surface area contributed by atoms with Gasteiger partial charge in [0.05, 0.1) is 41.4 Å². The van der Waals surface area contributed by atoms with Gasteiger partial charge in [-0.25, -0.2) is 4.98 Å². The molecular weight excluding hydrogens is 486 g/mol. The molecule has 1 atom stereocenters. The molecule has 192 valence electrons. The second-order valence-electron chi connectivity index (χ2n) is 8.82. The number of fused-ring (bicyclic) bond motifs is 1. The Morgan fingerprint density at radius 3 is 2.68 bits per heavy atom. The Bertz CT molecular complexity index is 1380. The average Bonchev–Trinajstić information content (AvgIpc) is 3.28. The summed E-state index contributed by atoms with van der Waals surface area (Å²) >= 11 is 6.22. The molecule has 1 amide bonds. The van der Waals surface area contributed by atoms with Crippen LogP contribution < -0.4 is 14.8 Å². The first-order valence-electron chi connectivity index (χ1n) is 12.4. The Hall–Kier alpha value is -3.77. The summed E-state index contributed by atoms with van der Waals surface area (Å²) in [6.07, 6.45) is 4.39. The lowest BCUT2D eigenvalue weighted by atomic mass is 10.1. The van der Waals surface area contributed by atoms with Crippen molar-refractivity contribution in [3.05, 3.63) is 101 Å². The lowest BCUT2D eigenvalue weighted by Gasteiger charge is -2.17. The van der Waals surface area contributed by atoms with E-state index >= 15 is 0 Å². The van der Waals surface area contributed by atoms with Gasteiger partial charge in [-0.2, -0.15) is 0 Å². The number of halogens is 1. The van der Waals surface area contributed by atoms with E-state index in [1.54, 1.807) is 31.4 Å². The predicted octanol–water partition coefficient (Wildman–Crippen LogP) is 6.78. The number of unbranched alkanes of at least 4 members (excludes halogenated alkanes) is 1. The van der Waals surface area contributed by atoms with Gasteiger partial charge in [0.25, 0.3) is 5.91 Å². The number of nitrogens with one attached hydrogen (secondary N) is 1. The lowest BCUT2D eigenvalue weighted by Crippen LogP contribution is -2.29. The number of aromatic nitrogens is 2. The number of hydrogen-bond acceptors (Lipinski definition) is 4. The first kappa shape index (κ1) is 26.3. The number of para-hydroxylation sites is 2. The molecule has 6 nitrogen and oxygen atoms in total. The van der Waals surface area contributed by atoms with Crippen LogP contribution in [0.3, 0.4) is 0 Å². The molecule has 1 N–H and O–H groups in total. The monoisotopic (exact) mass is 517 g/mol. The van der Waals surface area contributed by atoms with Crippen molar-refractivity contribution in [1.82, 2.24) is 14.9 Å². The van der Waals surface area contributed by atoms with Crippen LogP contribution in [-0.4, -0.2) is 29.2 Å². The van der Waals surface area contributed by atoms with Gasteiger partial charge >= 0.3 is 0 Å². The standard InChI is InChI=1S/C30H32ClN3O3/c1-4-11-22-16-17-27(28(20-22)36-3)37-19-10-9-18-34-26-15-8-7-14-25(26)33-29(34)21(2)32-30(35)23-12-5-6-13-24(23)31/h4-8,12-17,20-21H,1,9-11,18-19H2,2-3H3,(H,32,35). The Labute approximate surface area is 222 Å². The van der Waals surface area contributed by atoms with E-state index in [2.05, 4.69) is 22.5 Å². The second kappa shape index (κ2) is 12.5. The van der Waals surface area contributed by atoms with E-state index in [1.165, 1.54) is 0 Å². The normalized spacial score (nSPS) is 11.8. The van der Waals surface area contributed by atoms with Crippen molar-refractivity contribution < 1.29 is 14.3 Å². The summed E-state index contributed by atoms with van der Waals surface area (Å²) in [4.78, 5) is 17.7. The third-order valence-corrected chi connectivity index (χ3v) is 6.51. The topological polar surface area (TPSA) is 65.4 Å². The van der Waals surface area contributed by atoms with Crippen LogP contribution in [0.5, 0.6) is 11.5 Å². The summed E-state index contributed by atoms with van der Waals surface area (Å²) < 4.78 is 13.7. The van der Waals surface area contributed by atoms with Gasteiger partial charge in [-0.1, -0.05) is 48.0 Å². The average molecular weight is 518 g/mol. The molecule has 0 radical (unpaired) electrons. The second-order valence-corrected chi connectivity index (χ2v) is 9.23. The minimum Gasteiger partial charge on any atom is -0.493 e. The highest BCUT2D eigenvalue weighted by molar-refractivity contribution is 6.33. The van der Waals surface area contributed by atoms with E-state index in [-0.39, 0.29) is 11.9 Å². The largest absolute Gasteiger partial charge is 0.493 e. The van der Waals surface area contributed by atoms with Gasteiger partial charge in [0, 0.05) is 6.54 Å². The molecule has 0 aliphatic carbocycles. The zero-order valence-corrected chi connectivity index (χ0v) is 22.0. The number of allylic oxidation sites excluding steroid dienone is 1. The zero-order valence-electron chi connectivity index (χ0n) is 21.2. The molecule has 4 aromatic rings. The summed E-state index contributed by atoms with van der Waals surface area (Å²) in [6, 6.07) is 20.7. The van der Waals surface area contributed by atoms with Crippen molar-refractivity contribution in [1.29, 1.82) is 0 Å². The molecule has 4 rings (SSSR count). The molecule has 0 bridgehead atoms. The van der Waals surface area contributed by atoms with Crippen LogP contribution in [0, 0.1) is 0 Å². The first-order valence-corrected chi connectivity index (χ1v) is 12.8. The number of methoxy groups -OCH3 is 1. The fourth-order valence-electron chi connectivity index (χ4n) is 4.32. The van der Waals surface area contributed by atoms with Gasteiger partial charge in [-0.15, -0.1) is 6.58 Å². The number of rotatable bonds is 12. The van der Waals surface area contributed by atoms with Crippen molar-refractivity contribution in [2.75, 3.05) is 13.7 Å². The first-order chi connectivity index (χ1) is 18.0. The van der Waals surface area contributed by atoms with Crippen molar-refractivity contribution in [3.8, 4) is 11.5 Å². The van der Waals surface area contributed by atoms with Crippen LogP contribution in [0.1, 0.15) is 47.6 Å². The Morgan fingerprint density at radius 2 is 1.89 bits per heavy atom. The van der Waals surface area contributed by atoms with E-state index in [4.69, 9.17) is 26.1 Å². The highest BCUT2D eigenvalue weighted by Crippen LogP contribution is 2.29. The minimum absolute atomic E-state index is 0.224. The lowest BCUT2D eigenvalue weighted by molar-refractivity contribution is 0.0938. The summed E-state index contributed by atoms with van der Waals surface area (Å²) in [6.45, 7) is 7.05. The molecule has 1 heterocycles. The molecule has 1 unspecified atom stereocenters. The van der Waals surface area contributed by atoms with E-state index < -0.39 is 0 Å². The van der Waals surface area contributed by atoms with Crippen LogP contribution in [-0.2, 0) is 13.0 Å². The fraction of sp³-hybridized carbons (Fsp3) is 0.267. The smallest absolute Gasteiger partial charge is 0.253 e. The number of ether oxygens (including phenoxy) is 2. The van der Waals surface area contributed by atoms with E-state index in [0.29, 0.717) is 17.2 Å². The molecule has 0 saturated carbocycles. The maximum Gasteiger partial charge on any atom is 0.253 e. The Morgan fingerprint density at radius 1 is 1.11 bits per heavy atom. The summed E-state index contributed by atoms with van der Waals surface area (Å²) in [7, 11) is 1.65. The third kappa shape index (κ3) is 6.33. The molecule has 0 spiro atoms. The molecule has 37 heavy (non-hydrogen) atoms. The van der Waals surface area contributed by atoms with Crippen molar-refractivity contribution in [2.45, 2.75) is 38.8 Å². The highest BCUT2D eigenvalue weighted by Gasteiger charge is 2.20. The van der Waals surface area contributed by atoms with E-state index in [0.717, 1.165) is 59.7 Å². The Balaban J connectivity index is 1.41. The van der Waals surface area contributed by atoms with Crippen molar-refractivity contribution >= 4 is 28.5 Å². The van der Waals surface area contributed by atoms with Gasteiger partial charge in [-0.05, 0) is 68.1 Å². The predicted molar refractivity (Wildman–Crippen MR) is 149 cm³/mol. The Kier molecular flexibility index (Phi) is 8.86. The van der Waals surface area contributed by atoms with Crippen LogP contribution in [0.15, 0.2) is 79.4 Å². The number of carbonyl (C=O) groups is 1. The highest BCUT2D eigenvalue weighted by atomic mass is 35.5. The van der Waals surface area contributed by atoms with Gasteiger partial charge in [0.1, 0.15) is 5.82 Å². The van der Waals surface area contributed by atoms with Crippen molar-refractivity contribution in [3.63, 3.8) is 0 Å². The number of imidazole rings is 1. The quantitative estimate of drug-likeness (QED) is 0.166. The molecule has 3 aromatic carbocycles. The van der Waals surface area contributed by atoms with Crippen LogP contribution in [0.4, 0.5) is 0 Å².